The normalized spacial score (nSPS) is 9.77. The molecule has 0 aliphatic rings. The molecule has 0 saturated carbocycles. The maximum Gasteiger partial charge on any atom is 0.188 e. The highest BCUT2D eigenvalue weighted by Crippen LogP contribution is 2.12. The predicted molar refractivity (Wildman–Crippen MR) is 47.6 cm³/mol. The Balaban J connectivity index is 2.75. The quantitative estimate of drug-likeness (QED) is 0.442. The van der Waals surface area contributed by atoms with Crippen LogP contribution in [0.15, 0.2) is 36.7 Å². The molecule has 1 aromatic heterocycles. The van der Waals surface area contributed by atoms with Gasteiger partial charge in [0.2, 0.25) is 0 Å². The van der Waals surface area contributed by atoms with Gasteiger partial charge >= 0.3 is 0 Å². The standard InChI is InChI=1S/C10H6N2O/c11-6-8-1-2-10-7-12(13)4-3-9(10)5-8/h1-5,7H. The molecule has 0 atom stereocenters. The van der Waals surface area contributed by atoms with E-state index in [0.717, 1.165) is 15.5 Å². The Hall–Kier alpha value is -2.08. The lowest BCUT2D eigenvalue weighted by atomic mass is 10.1. The fraction of sp³-hybridized carbons (Fsp3) is 0. The van der Waals surface area contributed by atoms with E-state index < -0.39 is 0 Å². The summed E-state index contributed by atoms with van der Waals surface area (Å²) in [6, 6.07) is 8.97. The molecule has 0 aliphatic heterocycles. The molecule has 2 aromatic rings. The number of aromatic nitrogens is 1. The zero-order valence-electron chi connectivity index (χ0n) is 6.77. The molecule has 0 aliphatic carbocycles. The minimum atomic E-state index is 0.608. The molecule has 0 N–H and O–H groups in total. The van der Waals surface area contributed by atoms with Crippen molar-refractivity contribution in [3.63, 3.8) is 0 Å². The summed E-state index contributed by atoms with van der Waals surface area (Å²) in [5.74, 6) is 0. The summed E-state index contributed by atoms with van der Waals surface area (Å²) in [5, 5.41) is 21.3. The van der Waals surface area contributed by atoms with Gasteiger partial charge in [-0.3, -0.25) is 0 Å². The summed E-state index contributed by atoms with van der Waals surface area (Å²) in [6.45, 7) is 0. The number of fused-ring (bicyclic) bond motifs is 1. The molecule has 0 unspecified atom stereocenters. The zero-order valence-corrected chi connectivity index (χ0v) is 6.77. The second-order valence-electron chi connectivity index (χ2n) is 2.76. The van der Waals surface area contributed by atoms with Gasteiger partial charge in [-0.1, -0.05) is 0 Å². The Morgan fingerprint density at radius 3 is 2.85 bits per heavy atom. The molecular weight excluding hydrogens is 164 g/mol. The summed E-state index contributed by atoms with van der Waals surface area (Å²) < 4.78 is 0.744. The van der Waals surface area contributed by atoms with Crippen molar-refractivity contribution in [2.24, 2.45) is 0 Å². The highest BCUT2D eigenvalue weighted by molar-refractivity contribution is 5.82. The van der Waals surface area contributed by atoms with E-state index >= 15 is 0 Å². The number of hydrogen-bond acceptors (Lipinski definition) is 2. The van der Waals surface area contributed by atoms with Crippen molar-refractivity contribution in [2.75, 3.05) is 0 Å². The topological polar surface area (TPSA) is 50.7 Å². The van der Waals surface area contributed by atoms with Crippen molar-refractivity contribution in [1.82, 2.24) is 0 Å². The molecule has 0 amide bonds. The molecule has 0 radical (unpaired) electrons. The lowest BCUT2D eigenvalue weighted by Gasteiger charge is -1.98. The van der Waals surface area contributed by atoms with E-state index in [0.29, 0.717) is 5.56 Å². The number of benzene rings is 1. The third kappa shape index (κ3) is 1.30. The highest BCUT2D eigenvalue weighted by Gasteiger charge is 1.98. The van der Waals surface area contributed by atoms with Crippen LogP contribution in [0.2, 0.25) is 0 Å². The SMILES string of the molecule is N#Cc1ccc2c[n+]([O-])ccc2c1. The van der Waals surface area contributed by atoms with Gasteiger partial charge < -0.3 is 5.21 Å². The first kappa shape index (κ1) is 7.56. The van der Waals surface area contributed by atoms with Gasteiger partial charge in [-0.05, 0) is 23.6 Å². The number of nitriles is 1. The summed E-state index contributed by atoms with van der Waals surface area (Å²) in [4.78, 5) is 0. The first-order chi connectivity index (χ1) is 6.29. The van der Waals surface area contributed by atoms with Crippen LogP contribution in [0.3, 0.4) is 0 Å². The Labute approximate surface area is 75.0 Å². The lowest BCUT2D eigenvalue weighted by Crippen LogP contribution is -2.23. The Bertz CT molecular complexity index is 500. The van der Waals surface area contributed by atoms with Crippen molar-refractivity contribution in [1.29, 1.82) is 5.26 Å². The van der Waals surface area contributed by atoms with Gasteiger partial charge in [-0.15, -0.1) is 0 Å². The molecule has 3 heteroatoms. The average molecular weight is 170 g/mol. The van der Waals surface area contributed by atoms with Gasteiger partial charge in [0.05, 0.1) is 11.6 Å². The van der Waals surface area contributed by atoms with Crippen LogP contribution in [-0.4, -0.2) is 0 Å². The first-order valence-electron chi connectivity index (χ1n) is 3.82. The molecule has 3 nitrogen and oxygen atoms in total. The van der Waals surface area contributed by atoms with Gasteiger partial charge in [-0.25, -0.2) is 0 Å². The van der Waals surface area contributed by atoms with Gasteiger partial charge in [-0.2, -0.15) is 9.99 Å². The molecule has 1 aromatic carbocycles. The van der Waals surface area contributed by atoms with Crippen molar-refractivity contribution in [3.05, 3.63) is 47.4 Å². The lowest BCUT2D eigenvalue weighted by molar-refractivity contribution is -0.603. The maximum atomic E-state index is 10.9. The molecule has 2 rings (SSSR count). The van der Waals surface area contributed by atoms with Gasteiger partial charge in [0.1, 0.15) is 0 Å². The van der Waals surface area contributed by atoms with Gasteiger partial charge in [0.15, 0.2) is 12.4 Å². The van der Waals surface area contributed by atoms with Crippen LogP contribution in [0.5, 0.6) is 0 Å². The Kier molecular flexibility index (Phi) is 1.60. The number of hydrogen-bond donors (Lipinski definition) is 0. The van der Waals surface area contributed by atoms with Gasteiger partial charge in [0, 0.05) is 11.5 Å². The fourth-order valence-corrected chi connectivity index (χ4v) is 1.24. The minimum Gasteiger partial charge on any atom is -0.619 e. The van der Waals surface area contributed by atoms with Crippen molar-refractivity contribution in [3.8, 4) is 6.07 Å². The monoisotopic (exact) mass is 170 g/mol. The smallest absolute Gasteiger partial charge is 0.188 e. The van der Waals surface area contributed by atoms with E-state index in [-0.39, 0.29) is 0 Å². The number of pyridine rings is 1. The average Bonchev–Trinajstić information content (AvgIpc) is 2.17. The summed E-state index contributed by atoms with van der Waals surface area (Å²) in [6.07, 6.45) is 2.90. The van der Waals surface area contributed by atoms with Crippen LogP contribution in [0.1, 0.15) is 5.56 Å². The molecular formula is C10H6N2O. The molecule has 13 heavy (non-hydrogen) atoms. The van der Waals surface area contributed by atoms with E-state index in [1.165, 1.54) is 12.4 Å². The van der Waals surface area contributed by atoms with Crippen molar-refractivity contribution in [2.45, 2.75) is 0 Å². The predicted octanol–water partition coefficient (Wildman–Crippen LogP) is 1.34. The summed E-state index contributed by atoms with van der Waals surface area (Å²) >= 11 is 0. The number of nitrogens with zero attached hydrogens (tertiary/aromatic N) is 2. The number of rotatable bonds is 0. The molecule has 62 valence electrons. The Morgan fingerprint density at radius 2 is 2.08 bits per heavy atom. The van der Waals surface area contributed by atoms with Crippen molar-refractivity contribution >= 4 is 10.8 Å². The van der Waals surface area contributed by atoms with E-state index in [1.54, 1.807) is 24.3 Å². The minimum absolute atomic E-state index is 0.608. The third-order valence-electron chi connectivity index (χ3n) is 1.88. The van der Waals surface area contributed by atoms with Crippen molar-refractivity contribution < 1.29 is 4.73 Å². The van der Waals surface area contributed by atoms with Crippen LogP contribution < -0.4 is 4.73 Å². The molecule has 0 saturated heterocycles. The van der Waals surface area contributed by atoms with E-state index in [2.05, 4.69) is 0 Å². The van der Waals surface area contributed by atoms with Crippen LogP contribution in [0.4, 0.5) is 0 Å². The van der Waals surface area contributed by atoms with E-state index in [1.807, 2.05) is 6.07 Å². The second kappa shape index (κ2) is 2.76. The zero-order chi connectivity index (χ0) is 9.26. The van der Waals surface area contributed by atoms with Crippen LogP contribution >= 0.6 is 0 Å². The Morgan fingerprint density at radius 1 is 1.23 bits per heavy atom. The van der Waals surface area contributed by atoms with Crippen LogP contribution in [-0.2, 0) is 0 Å². The van der Waals surface area contributed by atoms with Gasteiger partial charge in [0.25, 0.3) is 0 Å². The molecule has 1 heterocycles. The van der Waals surface area contributed by atoms with E-state index in [4.69, 9.17) is 5.26 Å². The maximum absolute atomic E-state index is 10.9. The second-order valence-corrected chi connectivity index (χ2v) is 2.76. The van der Waals surface area contributed by atoms with E-state index in [9.17, 15) is 5.21 Å². The van der Waals surface area contributed by atoms with Crippen LogP contribution in [0, 0.1) is 16.5 Å². The first-order valence-corrected chi connectivity index (χ1v) is 3.82. The fourth-order valence-electron chi connectivity index (χ4n) is 1.24. The largest absolute Gasteiger partial charge is 0.619 e. The highest BCUT2D eigenvalue weighted by atomic mass is 16.5. The van der Waals surface area contributed by atoms with Crippen LogP contribution in [0.25, 0.3) is 10.8 Å². The summed E-state index contributed by atoms with van der Waals surface area (Å²) in [5.41, 5.74) is 0.608. The molecule has 0 fully saturated rings. The molecule has 0 spiro atoms. The molecule has 0 bridgehead atoms. The third-order valence-corrected chi connectivity index (χ3v) is 1.88. The summed E-state index contributed by atoms with van der Waals surface area (Å²) in [7, 11) is 0.